The summed E-state index contributed by atoms with van der Waals surface area (Å²) in [5.41, 5.74) is 17.3. The van der Waals surface area contributed by atoms with Crippen LogP contribution in [0.5, 0.6) is 23.0 Å². The number of hydrogen-bond donors (Lipinski definition) is 2. The van der Waals surface area contributed by atoms with Gasteiger partial charge in [0.05, 0.1) is 0 Å². The van der Waals surface area contributed by atoms with E-state index in [-0.39, 0.29) is 10.8 Å². The number of benzene rings is 3. The van der Waals surface area contributed by atoms with Gasteiger partial charge in [-0.1, -0.05) is 0 Å². The molecule has 0 aromatic heterocycles. The van der Waals surface area contributed by atoms with Crippen LogP contribution in [0.4, 0.5) is 11.4 Å². The van der Waals surface area contributed by atoms with Crippen molar-refractivity contribution < 1.29 is 9.47 Å². The van der Waals surface area contributed by atoms with Gasteiger partial charge in [0.25, 0.3) is 0 Å². The molecule has 0 atom stereocenters. The van der Waals surface area contributed by atoms with Crippen molar-refractivity contribution in [3.8, 4) is 23.0 Å². The Balaban J connectivity index is 1.23. The number of rotatable bonds is 6. The zero-order valence-corrected chi connectivity index (χ0v) is 28.5. The number of nitrogens with two attached hydrogens (primary N) is 2. The molecular formula is C38H42Br2N2O2. The van der Waals surface area contributed by atoms with E-state index < -0.39 is 0 Å². The lowest BCUT2D eigenvalue weighted by Crippen LogP contribution is -2.50. The van der Waals surface area contributed by atoms with Crippen LogP contribution >= 0.6 is 31.9 Å². The van der Waals surface area contributed by atoms with Crippen LogP contribution in [0.3, 0.4) is 0 Å². The van der Waals surface area contributed by atoms with E-state index in [1.807, 2.05) is 36.4 Å². The minimum Gasteiger partial charge on any atom is -0.457 e. The standard InChI is InChI=1S/C38H42Br2N2O2/c39-31-3-1-27(11-33(31)41)43-35-14-36(44-28-2-4-32(40)34(42)12-28)30(38-18-24-8-25(19-38)10-26(9-24)20-38)13-29(35)37-15-21-5-22(16-37)7-23(6-21)17-37/h1-4,11-14,21-26H,5-10,15-20,41-42H2. The molecule has 8 saturated carbocycles. The maximum Gasteiger partial charge on any atom is 0.134 e. The Morgan fingerprint density at radius 3 is 1.16 bits per heavy atom. The van der Waals surface area contributed by atoms with E-state index in [4.69, 9.17) is 20.9 Å². The highest BCUT2D eigenvalue weighted by atomic mass is 79.9. The molecule has 0 spiro atoms. The summed E-state index contributed by atoms with van der Waals surface area (Å²) < 4.78 is 15.6. The lowest BCUT2D eigenvalue weighted by molar-refractivity contribution is -0.00937. The molecule has 6 heteroatoms. The number of halogens is 2. The normalized spacial score (nSPS) is 36.1. The summed E-state index contributed by atoms with van der Waals surface area (Å²) >= 11 is 7.14. The molecule has 230 valence electrons. The molecule has 8 bridgehead atoms. The first-order valence-corrected chi connectivity index (χ1v) is 18.5. The van der Waals surface area contributed by atoms with Gasteiger partial charge in [-0.15, -0.1) is 0 Å². The second-order valence-electron chi connectivity index (χ2n) is 15.8. The SMILES string of the molecule is Nc1cc(Oc2cc(Oc3ccc(Br)c(N)c3)c(C34CC5CC(CC(C5)C3)C4)cc2C23CC4CC(CC(C4)C2)C3)ccc1Br. The molecule has 3 aromatic carbocycles. The van der Waals surface area contributed by atoms with Crippen molar-refractivity contribution in [2.75, 3.05) is 11.5 Å². The van der Waals surface area contributed by atoms with Crippen LogP contribution < -0.4 is 20.9 Å². The summed E-state index contributed by atoms with van der Waals surface area (Å²) in [6, 6.07) is 16.8. The van der Waals surface area contributed by atoms with Gasteiger partial charge in [0, 0.05) is 49.6 Å². The minimum atomic E-state index is 0.183. The summed E-state index contributed by atoms with van der Waals surface area (Å²) in [5, 5.41) is 0. The van der Waals surface area contributed by atoms with Crippen molar-refractivity contribution in [3.05, 3.63) is 68.6 Å². The van der Waals surface area contributed by atoms with Gasteiger partial charge in [-0.3, -0.25) is 0 Å². The highest BCUT2D eigenvalue weighted by Crippen LogP contribution is 2.66. The molecule has 8 aliphatic carbocycles. The molecule has 4 nitrogen and oxygen atoms in total. The number of anilines is 2. The fourth-order valence-corrected chi connectivity index (χ4v) is 12.4. The summed E-state index contributed by atoms with van der Waals surface area (Å²) in [6.07, 6.45) is 16.3. The molecule has 3 aromatic rings. The van der Waals surface area contributed by atoms with Crippen LogP contribution in [-0.4, -0.2) is 0 Å². The molecule has 8 fully saturated rings. The van der Waals surface area contributed by atoms with Crippen molar-refractivity contribution >= 4 is 43.2 Å². The Labute approximate surface area is 277 Å². The molecule has 0 radical (unpaired) electrons. The van der Waals surface area contributed by atoms with Crippen LogP contribution in [0, 0.1) is 35.5 Å². The topological polar surface area (TPSA) is 70.5 Å². The predicted octanol–water partition coefficient (Wildman–Crippen LogP) is 10.9. The Morgan fingerprint density at radius 1 is 0.500 bits per heavy atom. The van der Waals surface area contributed by atoms with Gasteiger partial charge in [-0.05, 0) is 186 Å². The summed E-state index contributed by atoms with van der Waals surface area (Å²) in [6.45, 7) is 0. The van der Waals surface area contributed by atoms with Crippen LogP contribution in [0.25, 0.3) is 0 Å². The largest absolute Gasteiger partial charge is 0.457 e. The van der Waals surface area contributed by atoms with E-state index in [0.717, 1.165) is 67.5 Å². The van der Waals surface area contributed by atoms with Crippen LogP contribution in [0.2, 0.25) is 0 Å². The van der Waals surface area contributed by atoms with Crippen molar-refractivity contribution in [1.82, 2.24) is 0 Å². The van der Waals surface area contributed by atoms with E-state index in [2.05, 4.69) is 44.0 Å². The van der Waals surface area contributed by atoms with Gasteiger partial charge in [0.2, 0.25) is 0 Å². The number of hydrogen-bond acceptors (Lipinski definition) is 4. The molecule has 0 amide bonds. The van der Waals surface area contributed by atoms with Gasteiger partial charge in [-0.2, -0.15) is 0 Å². The highest BCUT2D eigenvalue weighted by Gasteiger charge is 2.55. The fraction of sp³-hybridized carbons (Fsp3) is 0.526. The lowest BCUT2D eigenvalue weighted by Gasteiger charge is -2.58. The third-order valence-electron chi connectivity index (χ3n) is 12.7. The summed E-state index contributed by atoms with van der Waals surface area (Å²) in [7, 11) is 0. The maximum atomic E-state index is 6.92. The van der Waals surface area contributed by atoms with Crippen LogP contribution in [0.1, 0.15) is 88.2 Å². The summed E-state index contributed by atoms with van der Waals surface area (Å²) in [4.78, 5) is 0. The average molecular weight is 719 g/mol. The first-order valence-electron chi connectivity index (χ1n) is 16.9. The first-order chi connectivity index (χ1) is 21.2. The molecule has 0 unspecified atom stereocenters. The van der Waals surface area contributed by atoms with Crippen molar-refractivity contribution in [3.63, 3.8) is 0 Å². The molecule has 44 heavy (non-hydrogen) atoms. The lowest BCUT2D eigenvalue weighted by atomic mass is 9.46. The highest BCUT2D eigenvalue weighted by molar-refractivity contribution is 9.11. The predicted molar refractivity (Wildman–Crippen MR) is 183 cm³/mol. The van der Waals surface area contributed by atoms with E-state index in [1.165, 1.54) is 88.2 Å². The summed E-state index contributed by atoms with van der Waals surface area (Å²) in [5.74, 6) is 8.54. The smallest absolute Gasteiger partial charge is 0.134 e. The second kappa shape index (κ2) is 10.2. The zero-order valence-electron chi connectivity index (χ0n) is 25.3. The quantitative estimate of drug-likeness (QED) is 0.249. The van der Waals surface area contributed by atoms with E-state index in [0.29, 0.717) is 11.4 Å². The third kappa shape index (κ3) is 4.63. The monoisotopic (exact) mass is 716 g/mol. The average Bonchev–Trinajstić information content (AvgIpc) is 2.95. The van der Waals surface area contributed by atoms with E-state index >= 15 is 0 Å². The Morgan fingerprint density at radius 2 is 0.841 bits per heavy atom. The number of ether oxygens (including phenoxy) is 2. The first kappa shape index (κ1) is 28.1. The van der Waals surface area contributed by atoms with Crippen LogP contribution in [-0.2, 0) is 10.8 Å². The minimum absolute atomic E-state index is 0.183. The molecular weight excluding hydrogens is 676 g/mol. The molecule has 0 heterocycles. The fourth-order valence-electron chi connectivity index (χ4n) is 11.9. The number of nitrogen functional groups attached to an aromatic ring is 2. The van der Waals surface area contributed by atoms with E-state index in [9.17, 15) is 0 Å². The van der Waals surface area contributed by atoms with E-state index in [1.54, 1.807) is 0 Å². The van der Waals surface area contributed by atoms with Crippen molar-refractivity contribution in [2.24, 2.45) is 35.5 Å². The molecule has 11 rings (SSSR count). The molecule has 8 aliphatic rings. The van der Waals surface area contributed by atoms with Gasteiger partial charge in [-0.25, -0.2) is 0 Å². The van der Waals surface area contributed by atoms with Gasteiger partial charge in [0.15, 0.2) is 0 Å². The molecule has 4 N–H and O–H groups in total. The van der Waals surface area contributed by atoms with Gasteiger partial charge in [0.1, 0.15) is 23.0 Å². The Kier molecular flexibility index (Phi) is 6.48. The van der Waals surface area contributed by atoms with Crippen molar-refractivity contribution in [2.45, 2.75) is 87.9 Å². The van der Waals surface area contributed by atoms with Crippen molar-refractivity contribution in [1.29, 1.82) is 0 Å². The Bertz CT molecular complexity index is 1460. The molecule has 0 aliphatic heterocycles. The second-order valence-corrected chi connectivity index (χ2v) is 17.5. The van der Waals surface area contributed by atoms with Gasteiger partial charge < -0.3 is 20.9 Å². The zero-order chi connectivity index (χ0) is 29.8. The third-order valence-corrected chi connectivity index (χ3v) is 14.1. The maximum absolute atomic E-state index is 6.92. The Hall–Kier alpha value is -2.18. The van der Waals surface area contributed by atoms with Crippen LogP contribution in [0.15, 0.2) is 57.5 Å². The van der Waals surface area contributed by atoms with Gasteiger partial charge >= 0.3 is 0 Å². The molecule has 0 saturated heterocycles.